The van der Waals surface area contributed by atoms with E-state index in [0.29, 0.717) is 19.8 Å². The van der Waals surface area contributed by atoms with Crippen molar-refractivity contribution in [1.82, 2.24) is 0 Å². The van der Waals surface area contributed by atoms with Crippen LogP contribution in [0.1, 0.15) is 32.6 Å². The summed E-state index contributed by atoms with van der Waals surface area (Å²) in [5.41, 5.74) is 0. The standard InChI is InChI=1S/C10H22O3.2Na.H2O4S/c1-2-3-4-5-7-12-9-10-13-8-6-11;;;1-5(2,3)4/h11H,2-10H2,1H3;;;(H2,1,2,3,4)/q;2*+1;/p-2. The molecule has 0 aliphatic carbocycles. The summed E-state index contributed by atoms with van der Waals surface area (Å²) in [6, 6.07) is 0. The quantitative estimate of drug-likeness (QED) is 0.183. The van der Waals surface area contributed by atoms with Gasteiger partial charge in [-0.15, -0.1) is 0 Å². The van der Waals surface area contributed by atoms with Gasteiger partial charge in [0, 0.05) is 17.0 Å². The van der Waals surface area contributed by atoms with Gasteiger partial charge in [-0.2, -0.15) is 0 Å². The van der Waals surface area contributed by atoms with Crippen molar-refractivity contribution in [1.29, 1.82) is 0 Å². The van der Waals surface area contributed by atoms with Crippen molar-refractivity contribution in [2.45, 2.75) is 32.6 Å². The Bertz CT molecular complexity index is 232. The molecule has 0 aromatic rings. The van der Waals surface area contributed by atoms with Crippen molar-refractivity contribution in [3.63, 3.8) is 0 Å². The van der Waals surface area contributed by atoms with Crippen LogP contribution in [0.15, 0.2) is 0 Å². The summed E-state index contributed by atoms with van der Waals surface area (Å²) in [6.45, 7) is 4.78. The van der Waals surface area contributed by atoms with Crippen LogP contribution < -0.4 is 59.1 Å². The van der Waals surface area contributed by atoms with Crippen LogP contribution in [0.25, 0.3) is 0 Å². The van der Waals surface area contributed by atoms with E-state index in [0.717, 1.165) is 13.0 Å². The van der Waals surface area contributed by atoms with Gasteiger partial charge in [0.15, 0.2) is 0 Å². The molecule has 0 saturated heterocycles. The topological polar surface area (TPSA) is 119 Å². The molecule has 0 radical (unpaired) electrons. The molecular formula is C10H22Na2O7S. The van der Waals surface area contributed by atoms with Gasteiger partial charge in [-0.25, -0.2) is 0 Å². The van der Waals surface area contributed by atoms with Gasteiger partial charge in [-0.05, 0) is 6.42 Å². The second-order valence-electron chi connectivity index (χ2n) is 3.42. The van der Waals surface area contributed by atoms with Crippen LogP contribution in [0.4, 0.5) is 0 Å². The second kappa shape index (κ2) is 23.0. The molecule has 0 aromatic heterocycles. The summed E-state index contributed by atoms with van der Waals surface area (Å²) in [6.07, 6.45) is 4.96. The molecule has 0 heterocycles. The SMILES string of the molecule is CCCCCCOCCOCCO.O=S(=O)([O-])[O-].[Na+].[Na+]. The Hall–Kier alpha value is 1.75. The second-order valence-corrected chi connectivity index (χ2v) is 4.23. The van der Waals surface area contributed by atoms with Crippen LogP contribution in [-0.4, -0.2) is 55.7 Å². The molecule has 0 aliphatic heterocycles. The number of aliphatic hydroxyl groups is 1. The Kier molecular flexibility index (Phi) is 34.2. The number of hydrogen-bond donors (Lipinski definition) is 1. The van der Waals surface area contributed by atoms with Crippen LogP contribution in [0.5, 0.6) is 0 Å². The molecule has 0 unspecified atom stereocenters. The molecule has 0 aromatic carbocycles. The molecule has 0 amide bonds. The van der Waals surface area contributed by atoms with Gasteiger partial charge in [0.1, 0.15) is 0 Å². The first kappa shape index (κ1) is 29.7. The van der Waals surface area contributed by atoms with Crippen LogP contribution in [0.3, 0.4) is 0 Å². The summed E-state index contributed by atoms with van der Waals surface area (Å²) >= 11 is 0. The van der Waals surface area contributed by atoms with E-state index in [2.05, 4.69) is 6.92 Å². The number of rotatable bonds is 10. The van der Waals surface area contributed by atoms with E-state index in [-0.39, 0.29) is 65.7 Å². The Morgan fingerprint density at radius 3 is 1.75 bits per heavy atom. The van der Waals surface area contributed by atoms with Gasteiger partial charge in [-0.1, -0.05) is 26.2 Å². The van der Waals surface area contributed by atoms with Crippen LogP contribution in [0.2, 0.25) is 0 Å². The van der Waals surface area contributed by atoms with Crippen molar-refractivity contribution in [3.05, 3.63) is 0 Å². The molecule has 0 fully saturated rings. The van der Waals surface area contributed by atoms with E-state index >= 15 is 0 Å². The van der Waals surface area contributed by atoms with Crippen molar-refractivity contribution < 1.29 is 91.2 Å². The summed E-state index contributed by atoms with van der Waals surface area (Å²) in [7, 11) is -5.17. The zero-order valence-corrected chi connectivity index (χ0v) is 17.5. The maximum atomic E-state index is 8.52. The first-order valence-corrected chi connectivity index (χ1v) is 7.18. The summed E-state index contributed by atoms with van der Waals surface area (Å²) < 4.78 is 44.4. The van der Waals surface area contributed by atoms with Gasteiger partial charge in [0.05, 0.1) is 26.4 Å². The zero-order chi connectivity index (χ0) is 14.3. The minimum atomic E-state index is -5.17. The molecule has 7 nitrogen and oxygen atoms in total. The summed E-state index contributed by atoms with van der Waals surface area (Å²) in [5, 5.41) is 8.40. The summed E-state index contributed by atoms with van der Waals surface area (Å²) in [5.74, 6) is 0. The monoisotopic (exact) mass is 332 g/mol. The fourth-order valence-electron chi connectivity index (χ4n) is 1.02. The predicted molar refractivity (Wildman–Crippen MR) is 63.3 cm³/mol. The molecule has 0 bridgehead atoms. The zero-order valence-electron chi connectivity index (χ0n) is 12.7. The minimum Gasteiger partial charge on any atom is -0.759 e. The molecule has 0 aliphatic rings. The Morgan fingerprint density at radius 2 is 1.35 bits per heavy atom. The van der Waals surface area contributed by atoms with E-state index in [1.54, 1.807) is 0 Å². The minimum absolute atomic E-state index is 0. The molecule has 10 heteroatoms. The van der Waals surface area contributed by atoms with E-state index in [9.17, 15) is 0 Å². The molecule has 0 rings (SSSR count). The van der Waals surface area contributed by atoms with Crippen molar-refractivity contribution in [2.75, 3.05) is 33.0 Å². The van der Waals surface area contributed by atoms with E-state index in [4.69, 9.17) is 32.1 Å². The first-order valence-electron chi connectivity index (χ1n) is 5.84. The number of ether oxygens (including phenoxy) is 2. The van der Waals surface area contributed by atoms with Gasteiger partial charge in [0.2, 0.25) is 0 Å². The van der Waals surface area contributed by atoms with Crippen LogP contribution >= 0.6 is 0 Å². The van der Waals surface area contributed by atoms with Crippen molar-refractivity contribution in [2.24, 2.45) is 0 Å². The number of hydrogen-bond acceptors (Lipinski definition) is 7. The third-order valence-electron chi connectivity index (χ3n) is 1.75. The summed E-state index contributed by atoms with van der Waals surface area (Å²) in [4.78, 5) is 0. The molecule has 0 saturated carbocycles. The van der Waals surface area contributed by atoms with E-state index in [1.165, 1.54) is 19.3 Å². The fourth-order valence-corrected chi connectivity index (χ4v) is 1.02. The molecule has 0 atom stereocenters. The smallest absolute Gasteiger partial charge is 0.759 e. The largest absolute Gasteiger partial charge is 1.00 e. The predicted octanol–water partition coefficient (Wildman–Crippen LogP) is -5.74. The van der Waals surface area contributed by atoms with Crippen LogP contribution in [-0.2, 0) is 19.9 Å². The Morgan fingerprint density at radius 1 is 0.900 bits per heavy atom. The normalized spacial score (nSPS) is 9.80. The third kappa shape index (κ3) is 50.3. The third-order valence-corrected chi connectivity index (χ3v) is 1.75. The average Bonchev–Trinajstić information content (AvgIpc) is 2.25. The average molecular weight is 332 g/mol. The molecule has 20 heavy (non-hydrogen) atoms. The maximum Gasteiger partial charge on any atom is 1.00 e. The van der Waals surface area contributed by atoms with Crippen molar-refractivity contribution in [3.8, 4) is 0 Å². The van der Waals surface area contributed by atoms with Gasteiger partial charge < -0.3 is 23.7 Å². The van der Waals surface area contributed by atoms with Gasteiger partial charge in [0.25, 0.3) is 0 Å². The fraction of sp³-hybridized carbons (Fsp3) is 1.00. The molecule has 112 valence electrons. The number of aliphatic hydroxyl groups excluding tert-OH is 1. The molecule has 0 spiro atoms. The first-order chi connectivity index (χ1) is 8.41. The van der Waals surface area contributed by atoms with E-state index in [1.807, 2.05) is 0 Å². The Balaban J connectivity index is -0.000000158. The Labute approximate surface area is 166 Å². The van der Waals surface area contributed by atoms with Gasteiger partial charge in [-0.3, -0.25) is 8.42 Å². The maximum absolute atomic E-state index is 8.52. The van der Waals surface area contributed by atoms with Crippen molar-refractivity contribution >= 4 is 10.4 Å². The number of unbranched alkanes of at least 4 members (excludes halogenated alkanes) is 3. The van der Waals surface area contributed by atoms with E-state index < -0.39 is 10.4 Å². The van der Waals surface area contributed by atoms with Crippen LogP contribution in [0, 0.1) is 0 Å². The molecular weight excluding hydrogens is 310 g/mol. The van der Waals surface area contributed by atoms with Gasteiger partial charge >= 0.3 is 59.1 Å². The molecule has 1 N–H and O–H groups in total.